The molecule has 0 bridgehead atoms. The van der Waals surface area contributed by atoms with E-state index in [2.05, 4.69) is 5.32 Å². The van der Waals surface area contributed by atoms with Crippen LogP contribution >= 0.6 is 11.3 Å². The van der Waals surface area contributed by atoms with E-state index >= 15 is 0 Å². The lowest BCUT2D eigenvalue weighted by Crippen LogP contribution is -2.36. The van der Waals surface area contributed by atoms with Gasteiger partial charge >= 0.3 is 11.7 Å². The number of hydrogen-bond donors (Lipinski definition) is 2. The van der Waals surface area contributed by atoms with E-state index in [1.54, 1.807) is 37.3 Å². The Balaban J connectivity index is 1.52. The molecule has 5 rings (SSSR count). The van der Waals surface area contributed by atoms with E-state index in [0.717, 1.165) is 4.88 Å². The molecule has 0 saturated heterocycles. The minimum absolute atomic E-state index is 0.0334. The van der Waals surface area contributed by atoms with Crippen molar-refractivity contribution in [3.05, 3.63) is 103 Å². The molecule has 1 aliphatic heterocycles. The Hall–Kier alpha value is -4.64. The quantitative estimate of drug-likeness (QED) is 0.131. The van der Waals surface area contributed by atoms with Crippen molar-refractivity contribution in [1.82, 2.24) is 5.32 Å². The Bertz CT molecular complexity index is 1560. The molecule has 2 atom stereocenters. The van der Waals surface area contributed by atoms with Crippen LogP contribution in [0.2, 0.25) is 0 Å². The molecule has 0 amide bonds. The average Bonchev–Trinajstić information content (AvgIpc) is 3.51. The number of nitrogens with one attached hydrogen (secondary N) is 1. The van der Waals surface area contributed by atoms with Crippen LogP contribution in [0.25, 0.3) is 0 Å². The number of esters is 1. The van der Waals surface area contributed by atoms with Crippen LogP contribution in [0.4, 0.5) is 5.69 Å². The Morgan fingerprint density at radius 2 is 1.90 bits per heavy atom. The smallest absolute Gasteiger partial charge is 0.336 e. The molecule has 2 aromatic carbocycles. The Labute approximate surface area is 246 Å². The topological polar surface area (TPSA) is 137 Å². The second-order valence-electron chi connectivity index (χ2n) is 9.91. The van der Waals surface area contributed by atoms with Gasteiger partial charge in [-0.2, -0.15) is 0 Å². The van der Waals surface area contributed by atoms with Gasteiger partial charge in [-0.25, -0.2) is 4.79 Å². The highest BCUT2D eigenvalue weighted by molar-refractivity contribution is 7.10. The molecule has 2 heterocycles. The van der Waals surface area contributed by atoms with Crippen LogP contribution in [0.15, 0.2) is 82.5 Å². The lowest BCUT2D eigenvalue weighted by molar-refractivity contribution is -0.386. The predicted octanol–water partition coefficient (Wildman–Crippen LogP) is 5.74. The van der Waals surface area contributed by atoms with Gasteiger partial charge in [0.15, 0.2) is 11.5 Å². The Morgan fingerprint density at radius 1 is 1.12 bits per heavy atom. The molecule has 0 fully saturated rings. The summed E-state index contributed by atoms with van der Waals surface area (Å²) in [5.74, 6) is -1.97. The molecule has 1 aliphatic carbocycles. The van der Waals surface area contributed by atoms with Crippen LogP contribution in [-0.4, -0.2) is 41.6 Å². The molecule has 2 aliphatic rings. The summed E-state index contributed by atoms with van der Waals surface area (Å²) in [5, 5.41) is 27.7. The molecule has 11 heteroatoms. The zero-order chi connectivity index (χ0) is 29.8. The molecular weight excluding hydrogens is 560 g/mol. The molecule has 3 aromatic rings. The molecule has 0 saturated carbocycles. The maximum Gasteiger partial charge on any atom is 0.336 e. The first kappa shape index (κ1) is 28.9. The molecule has 0 unspecified atom stereocenters. The van der Waals surface area contributed by atoms with E-state index in [0.29, 0.717) is 29.1 Å². The number of ether oxygens (including phenoxy) is 3. The van der Waals surface area contributed by atoms with Crippen LogP contribution < -0.4 is 14.8 Å². The fourth-order valence-electron chi connectivity index (χ4n) is 5.44. The van der Waals surface area contributed by atoms with Gasteiger partial charge in [0.05, 0.1) is 17.1 Å². The maximum atomic E-state index is 13.8. The van der Waals surface area contributed by atoms with Crippen molar-refractivity contribution in [2.75, 3.05) is 19.8 Å². The van der Waals surface area contributed by atoms with Crippen molar-refractivity contribution >= 4 is 28.8 Å². The number of dihydropyridines is 1. The summed E-state index contributed by atoms with van der Waals surface area (Å²) in [5.41, 5.74) is 1.32. The first-order valence-corrected chi connectivity index (χ1v) is 14.4. The van der Waals surface area contributed by atoms with Crippen molar-refractivity contribution in [3.8, 4) is 17.2 Å². The molecular formula is C31H30N2O8S. The number of aromatic hydroxyl groups is 1. The monoisotopic (exact) mass is 590 g/mol. The number of carbonyl (C=O) groups is 2. The number of phenols is 1. The minimum atomic E-state index is -0.973. The number of rotatable bonds is 10. The van der Waals surface area contributed by atoms with Gasteiger partial charge in [-0.15, -0.1) is 11.3 Å². The van der Waals surface area contributed by atoms with E-state index in [1.807, 2.05) is 35.7 Å². The van der Waals surface area contributed by atoms with Crippen molar-refractivity contribution in [1.29, 1.82) is 0 Å². The number of benzene rings is 2. The van der Waals surface area contributed by atoms with Crippen molar-refractivity contribution < 1.29 is 33.8 Å². The molecule has 10 nitrogen and oxygen atoms in total. The van der Waals surface area contributed by atoms with Gasteiger partial charge in [-0.1, -0.05) is 24.3 Å². The standard InChI is InChI=1S/C31H30N2O8S/c1-3-39-25-17-20(15-23(30(25)35)33(37)38)28-27(31(36)41-12-11-40-21-8-5-4-6-9-21)18(2)32-22-14-19(16-24(34)29(22)28)26-10-7-13-42-26/h4-10,13,15,17,19,28,32,35H,3,11-12,14,16H2,1-2H3/t19-,28+/m0/s1. The number of carbonyl (C=O) groups excluding carboxylic acids is 2. The molecule has 2 N–H and O–H groups in total. The second kappa shape index (κ2) is 12.5. The number of Topliss-reactive ketones (excluding diaryl/α,β-unsaturated/α-hetero) is 1. The van der Waals surface area contributed by atoms with E-state index < -0.39 is 28.2 Å². The van der Waals surface area contributed by atoms with Crippen LogP contribution in [-0.2, 0) is 14.3 Å². The lowest BCUT2D eigenvalue weighted by atomic mass is 9.72. The number of nitro benzene ring substituents is 1. The van der Waals surface area contributed by atoms with Crippen molar-refractivity contribution in [2.45, 2.75) is 38.5 Å². The maximum absolute atomic E-state index is 13.8. The largest absolute Gasteiger partial charge is 0.500 e. The van der Waals surface area contributed by atoms with Gasteiger partial charge in [-0.3, -0.25) is 14.9 Å². The number of para-hydroxylation sites is 1. The summed E-state index contributed by atoms with van der Waals surface area (Å²) < 4.78 is 16.7. The summed E-state index contributed by atoms with van der Waals surface area (Å²) in [6, 6.07) is 15.7. The number of hydrogen-bond acceptors (Lipinski definition) is 10. The van der Waals surface area contributed by atoms with Crippen LogP contribution in [0.3, 0.4) is 0 Å². The number of ketones is 1. The average molecular weight is 591 g/mol. The van der Waals surface area contributed by atoms with Crippen molar-refractivity contribution in [3.63, 3.8) is 0 Å². The Kier molecular flexibility index (Phi) is 8.58. The van der Waals surface area contributed by atoms with Gasteiger partial charge in [0, 0.05) is 46.2 Å². The number of allylic oxidation sites excluding steroid dienone is 3. The highest BCUT2D eigenvalue weighted by Gasteiger charge is 2.42. The minimum Gasteiger partial charge on any atom is -0.500 e. The molecule has 1 aromatic heterocycles. The van der Waals surface area contributed by atoms with Crippen LogP contribution in [0, 0.1) is 10.1 Å². The van der Waals surface area contributed by atoms with Gasteiger partial charge in [0.2, 0.25) is 5.75 Å². The SMILES string of the molecule is CCOc1cc([C@@H]2C(C(=O)OCCOc3ccccc3)=C(C)NC3=C2C(=O)C[C@@H](c2cccs2)C3)cc([N+](=O)[O-])c1O. The first-order valence-electron chi connectivity index (χ1n) is 13.5. The van der Waals surface area contributed by atoms with Gasteiger partial charge < -0.3 is 24.6 Å². The van der Waals surface area contributed by atoms with Gasteiger partial charge in [0.1, 0.15) is 19.0 Å². The highest BCUT2D eigenvalue weighted by atomic mass is 32.1. The first-order chi connectivity index (χ1) is 20.3. The molecule has 218 valence electrons. The predicted molar refractivity (Wildman–Crippen MR) is 156 cm³/mol. The van der Waals surface area contributed by atoms with Crippen LogP contribution in [0.5, 0.6) is 17.2 Å². The fraction of sp³-hybridized carbons (Fsp3) is 0.290. The zero-order valence-corrected chi connectivity index (χ0v) is 23.9. The number of thiophene rings is 1. The van der Waals surface area contributed by atoms with Crippen molar-refractivity contribution in [2.24, 2.45) is 0 Å². The lowest BCUT2D eigenvalue weighted by Gasteiger charge is -2.36. The van der Waals surface area contributed by atoms with E-state index in [-0.39, 0.29) is 54.8 Å². The summed E-state index contributed by atoms with van der Waals surface area (Å²) >= 11 is 1.58. The summed E-state index contributed by atoms with van der Waals surface area (Å²) in [6.07, 6.45) is 0.753. The third-order valence-corrected chi connectivity index (χ3v) is 8.26. The fourth-order valence-corrected chi connectivity index (χ4v) is 6.27. The number of nitrogens with zero attached hydrogens (tertiary/aromatic N) is 1. The second-order valence-corrected chi connectivity index (χ2v) is 10.9. The summed E-state index contributed by atoms with van der Waals surface area (Å²) in [7, 11) is 0. The van der Waals surface area contributed by atoms with Crippen LogP contribution in [0.1, 0.15) is 49.0 Å². The third-order valence-electron chi connectivity index (χ3n) is 7.23. The summed E-state index contributed by atoms with van der Waals surface area (Å²) in [4.78, 5) is 39.7. The molecule has 0 radical (unpaired) electrons. The van der Waals surface area contributed by atoms with Gasteiger partial charge in [-0.05, 0) is 55.5 Å². The number of nitro groups is 1. The third kappa shape index (κ3) is 5.87. The Morgan fingerprint density at radius 3 is 2.60 bits per heavy atom. The van der Waals surface area contributed by atoms with E-state index in [1.165, 1.54) is 12.1 Å². The molecule has 42 heavy (non-hydrogen) atoms. The highest BCUT2D eigenvalue weighted by Crippen LogP contribution is 2.49. The van der Waals surface area contributed by atoms with E-state index in [4.69, 9.17) is 14.2 Å². The number of phenolic OH excluding ortho intramolecular Hbond substituents is 1. The summed E-state index contributed by atoms with van der Waals surface area (Å²) in [6.45, 7) is 3.58. The zero-order valence-electron chi connectivity index (χ0n) is 23.1. The van der Waals surface area contributed by atoms with Gasteiger partial charge in [0.25, 0.3) is 0 Å². The molecule has 0 spiro atoms. The van der Waals surface area contributed by atoms with E-state index in [9.17, 15) is 24.8 Å². The normalized spacial score (nSPS) is 18.3.